The highest BCUT2D eigenvalue weighted by atomic mass is 16.5. The summed E-state index contributed by atoms with van der Waals surface area (Å²) in [5, 5.41) is 16.3. The lowest BCUT2D eigenvalue weighted by atomic mass is 9.98. The van der Waals surface area contributed by atoms with E-state index in [-0.39, 0.29) is 23.9 Å². The Kier molecular flexibility index (Phi) is 5.98. The number of likely N-dealkylation sites (tertiary alicyclic amines) is 1. The second-order valence-corrected chi connectivity index (χ2v) is 8.83. The van der Waals surface area contributed by atoms with Crippen molar-refractivity contribution in [1.29, 1.82) is 0 Å². The molecular weight excluding hydrogens is 448 g/mol. The number of anilines is 1. The van der Waals surface area contributed by atoms with E-state index in [0.717, 1.165) is 35.1 Å². The summed E-state index contributed by atoms with van der Waals surface area (Å²) in [5.41, 5.74) is 4.77. The number of hydrogen-bond donors (Lipinski definition) is 2. The van der Waals surface area contributed by atoms with Crippen molar-refractivity contribution in [2.75, 3.05) is 18.5 Å². The van der Waals surface area contributed by atoms with Crippen LogP contribution in [0.4, 0.5) is 10.5 Å². The number of carbonyl (C=O) groups is 3. The Morgan fingerprint density at radius 2 is 1.71 bits per heavy atom. The minimum absolute atomic E-state index is 0.0900. The summed E-state index contributed by atoms with van der Waals surface area (Å²) in [6.45, 7) is 0.474. The second kappa shape index (κ2) is 9.25. The summed E-state index contributed by atoms with van der Waals surface area (Å²) in [7, 11) is 1.58. The van der Waals surface area contributed by atoms with Crippen LogP contribution < -0.4 is 5.32 Å². The van der Waals surface area contributed by atoms with Gasteiger partial charge in [-0.15, -0.1) is 0 Å². The van der Waals surface area contributed by atoms with Gasteiger partial charge in [0.15, 0.2) is 0 Å². The number of aryl methyl sites for hydroxylation is 1. The zero-order valence-corrected chi connectivity index (χ0v) is 19.3. The first kappa shape index (κ1) is 22.6. The number of nitrogens with one attached hydrogen (secondary N) is 1. The number of piperidine rings is 1. The molecular formula is C26H26N4O5. The van der Waals surface area contributed by atoms with Gasteiger partial charge in [-0.05, 0) is 41.5 Å². The third kappa shape index (κ3) is 4.14. The van der Waals surface area contributed by atoms with Crippen molar-refractivity contribution in [2.24, 2.45) is 7.05 Å². The molecule has 1 aliphatic carbocycles. The summed E-state index contributed by atoms with van der Waals surface area (Å²) in [5.74, 6) is -1.61. The van der Waals surface area contributed by atoms with Crippen molar-refractivity contribution in [3.05, 3.63) is 71.5 Å². The van der Waals surface area contributed by atoms with Crippen molar-refractivity contribution in [1.82, 2.24) is 14.7 Å². The minimum Gasteiger partial charge on any atom is -0.480 e. The first-order chi connectivity index (χ1) is 17.0. The largest absolute Gasteiger partial charge is 0.480 e. The van der Waals surface area contributed by atoms with E-state index in [4.69, 9.17) is 4.74 Å². The van der Waals surface area contributed by atoms with Gasteiger partial charge in [0.2, 0.25) is 0 Å². The van der Waals surface area contributed by atoms with Crippen LogP contribution in [-0.4, -0.2) is 57.0 Å². The lowest BCUT2D eigenvalue weighted by molar-refractivity contribution is -0.143. The summed E-state index contributed by atoms with van der Waals surface area (Å²) in [6, 6.07) is 15.2. The molecule has 1 saturated heterocycles. The Morgan fingerprint density at radius 1 is 1.06 bits per heavy atom. The summed E-state index contributed by atoms with van der Waals surface area (Å²) in [6.07, 6.45) is 2.53. The molecule has 1 fully saturated rings. The second-order valence-electron chi connectivity index (χ2n) is 8.83. The van der Waals surface area contributed by atoms with Crippen LogP contribution in [0.2, 0.25) is 0 Å². The van der Waals surface area contributed by atoms with Crippen molar-refractivity contribution in [3.8, 4) is 11.1 Å². The highest BCUT2D eigenvalue weighted by molar-refractivity contribution is 6.02. The Hall–Kier alpha value is -4.14. The standard InChI is InChI=1S/C26H26N4O5/c1-29-23(24(31)30-13-7-6-12-22(30)25(32)33)21(14-27-29)28-26(34)35-15-20-18-10-4-2-8-16(18)17-9-3-5-11-19(17)20/h2-5,8-11,14,20,22H,6-7,12-13,15H2,1H3,(H,28,34)(H,32,33)/t22-/m1/s1. The molecule has 3 aromatic rings. The van der Waals surface area contributed by atoms with Gasteiger partial charge in [-0.25, -0.2) is 9.59 Å². The molecule has 35 heavy (non-hydrogen) atoms. The van der Waals surface area contributed by atoms with Crippen LogP contribution in [0.1, 0.15) is 46.8 Å². The normalized spacial score (nSPS) is 16.9. The van der Waals surface area contributed by atoms with Crippen LogP contribution in [0.5, 0.6) is 0 Å². The molecule has 0 radical (unpaired) electrons. The quantitative estimate of drug-likeness (QED) is 0.581. The molecule has 2 N–H and O–H groups in total. The molecule has 0 saturated carbocycles. The number of hydrogen-bond acceptors (Lipinski definition) is 5. The highest BCUT2D eigenvalue weighted by Crippen LogP contribution is 2.44. The number of carboxylic acid groups (broad SMARTS) is 1. The molecule has 0 spiro atoms. The van der Waals surface area contributed by atoms with Crippen LogP contribution in [0, 0.1) is 0 Å². The summed E-state index contributed by atoms with van der Waals surface area (Å²) in [4.78, 5) is 39.0. The van der Waals surface area contributed by atoms with Gasteiger partial charge in [0.1, 0.15) is 18.3 Å². The number of aliphatic carboxylic acids is 1. The molecule has 5 rings (SSSR count). The number of nitrogens with zero attached hydrogens (tertiary/aromatic N) is 3. The average Bonchev–Trinajstić information content (AvgIpc) is 3.39. The first-order valence-corrected chi connectivity index (χ1v) is 11.6. The maximum atomic E-state index is 13.3. The fraction of sp³-hybridized carbons (Fsp3) is 0.308. The van der Waals surface area contributed by atoms with Crippen LogP contribution in [-0.2, 0) is 16.6 Å². The van der Waals surface area contributed by atoms with E-state index in [9.17, 15) is 19.5 Å². The fourth-order valence-corrected chi connectivity index (χ4v) is 5.09. The van der Waals surface area contributed by atoms with Crippen molar-refractivity contribution in [3.63, 3.8) is 0 Å². The van der Waals surface area contributed by atoms with Gasteiger partial charge in [-0.1, -0.05) is 48.5 Å². The van der Waals surface area contributed by atoms with Gasteiger partial charge in [-0.3, -0.25) is 14.8 Å². The number of fused-ring (bicyclic) bond motifs is 3. The third-order valence-electron chi connectivity index (χ3n) is 6.77. The fourth-order valence-electron chi connectivity index (χ4n) is 5.09. The highest BCUT2D eigenvalue weighted by Gasteiger charge is 2.35. The summed E-state index contributed by atoms with van der Waals surface area (Å²) < 4.78 is 6.93. The number of ether oxygens (including phenoxy) is 1. The van der Waals surface area contributed by atoms with E-state index >= 15 is 0 Å². The van der Waals surface area contributed by atoms with E-state index in [2.05, 4.69) is 22.5 Å². The van der Waals surface area contributed by atoms with Crippen LogP contribution in [0.3, 0.4) is 0 Å². The molecule has 2 amide bonds. The molecule has 1 atom stereocenters. The van der Waals surface area contributed by atoms with Gasteiger partial charge >= 0.3 is 12.1 Å². The predicted octanol–water partition coefficient (Wildman–Crippen LogP) is 3.86. The van der Waals surface area contributed by atoms with Crippen molar-refractivity contribution in [2.45, 2.75) is 31.2 Å². The molecule has 0 unspecified atom stereocenters. The molecule has 1 aromatic heterocycles. The number of carbonyl (C=O) groups excluding carboxylic acids is 2. The Morgan fingerprint density at radius 3 is 2.37 bits per heavy atom. The molecule has 1 aliphatic heterocycles. The van der Waals surface area contributed by atoms with E-state index in [1.807, 2.05) is 36.4 Å². The van der Waals surface area contributed by atoms with E-state index < -0.39 is 24.0 Å². The maximum Gasteiger partial charge on any atom is 0.411 e. The van der Waals surface area contributed by atoms with E-state index in [0.29, 0.717) is 13.0 Å². The SMILES string of the molecule is Cn1ncc(NC(=O)OCC2c3ccccc3-c3ccccc32)c1C(=O)N1CCCC[C@@H]1C(=O)O. The van der Waals surface area contributed by atoms with Gasteiger partial charge in [-0.2, -0.15) is 5.10 Å². The number of carboxylic acids is 1. The minimum atomic E-state index is -1.04. The Labute approximate surface area is 202 Å². The Balaban J connectivity index is 1.31. The molecule has 9 heteroatoms. The van der Waals surface area contributed by atoms with Crippen molar-refractivity contribution < 1.29 is 24.2 Å². The monoisotopic (exact) mass is 474 g/mol. The third-order valence-corrected chi connectivity index (χ3v) is 6.77. The molecule has 180 valence electrons. The topological polar surface area (TPSA) is 114 Å². The number of benzene rings is 2. The smallest absolute Gasteiger partial charge is 0.411 e. The molecule has 2 aliphatic rings. The number of amides is 2. The number of aromatic nitrogens is 2. The van der Waals surface area contributed by atoms with Crippen molar-refractivity contribution >= 4 is 23.7 Å². The molecule has 2 aromatic carbocycles. The van der Waals surface area contributed by atoms with Crippen LogP contribution in [0.15, 0.2) is 54.7 Å². The first-order valence-electron chi connectivity index (χ1n) is 11.6. The summed E-state index contributed by atoms with van der Waals surface area (Å²) >= 11 is 0. The van der Waals surface area contributed by atoms with E-state index in [1.54, 1.807) is 7.05 Å². The zero-order chi connectivity index (χ0) is 24.5. The van der Waals surface area contributed by atoms with Gasteiger partial charge in [0.05, 0.1) is 11.9 Å². The van der Waals surface area contributed by atoms with Gasteiger partial charge < -0.3 is 14.7 Å². The maximum absolute atomic E-state index is 13.3. The number of rotatable bonds is 5. The molecule has 9 nitrogen and oxygen atoms in total. The van der Waals surface area contributed by atoms with Gasteiger partial charge in [0, 0.05) is 19.5 Å². The van der Waals surface area contributed by atoms with E-state index in [1.165, 1.54) is 15.8 Å². The van der Waals surface area contributed by atoms with Gasteiger partial charge in [0.25, 0.3) is 5.91 Å². The lowest BCUT2D eigenvalue weighted by Crippen LogP contribution is -2.48. The predicted molar refractivity (Wildman–Crippen MR) is 128 cm³/mol. The average molecular weight is 475 g/mol. The van der Waals surface area contributed by atoms with Crippen LogP contribution in [0.25, 0.3) is 11.1 Å². The lowest BCUT2D eigenvalue weighted by Gasteiger charge is -2.33. The molecule has 2 heterocycles. The van der Waals surface area contributed by atoms with Crippen LogP contribution >= 0.6 is 0 Å². The zero-order valence-electron chi connectivity index (χ0n) is 19.3. The Bertz CT molecular complexity index is 1250. The molecule has 0 bridgehead atoms.